The highest BCUT2D eigenvalue weighted by atomic mass is 35.5. The molecule has 152 valence electrons. The maximum atomic E-state index is 12.1. The SMILES string of the molecule is CNC(=O)COc1cc2cc(Nc3nc(-n4cccn4)ncc3Cl)ccc2[nH]c1=O. The zero-order valence-electron chi connectivity index (χ0n) is 15.7. The summed E-state index contributed by atoms with van der Waals surface area (Å²) in [4.78, 5) is 34.8. The molecular weight excluding hydrogens is 410 g/mol. The van der Waals surface area contributed by atoms with E-state index >= 15 is 0 Å². The fourth-order valence-electron chi connectivity index (χ4n) is 2.67. The van der Waals surface area contributed by atoms with Crippen LogP contribution >= 0.6 is 11.6 Å². The van der Waals surface area contributed by atoms with Crippen molar-refractivity contribution < 1.29 is 9.53 Å². The minimum Gasteiger partial charge on any atom is -0.478 e. The molecule has 1 aromatic carbocycles. The van der Waals surface area contributed by atoms with Crippen LogP contribution in [0.2, 0.25) is 5.02 Å². The van der Waals surface area contributed by atoms with E-state index in [1.807, 2.05) is 0 Å². The molecule has 0 aliphatic heterocycles. The molecule has 4 rings (SSSR count). The Morgan fingerprint density at radius 1 is 1.33 bits per heavy atom. The van der Waals surface area contributed by atoms with E-state index in [1.54, 1.807) is 42.7 Å². The Kier molecular flexibility index (Phi) is 5.31. The summed E-state index contributed by atoms with van der Waals surface area (Å²) in [5.41, 5.74) is 0.873. The number of aromatic nitrogens is 5. The molecule has 3 aromatic heterocycles. The van der Waals surface area contributed by atoms with Gasteiger partial charge in [0.05, 0.1) is 6.20 Å². The summed E-state index contributed by atoms with van der Waals surface area (Å²) < 4.78 is 6.82. The summed E-state index contributed by atoms with van der Waals surface area (Å²) in [5.74, 6) is 0.472. The maximum absolute atomic E-state index is 12.1. The van der Waals surface area contributed by atoms with Gasteiger partial charge >= 0.3 is 0 Å². The third-order valence-corrected chi connectivity index (χ3v) is 4.43. The third kappa shape index (κ3) is 4.08. The molecule has 11 heteroatoms. The fraction of sp³-hybridized carbons (Fsp3) is 0.105. The van der Waals surface area contributed by atoms with Gasteiger partial charge in [-0.3, -0.25) is 9.59 Å². The monoisotopic (exact) mass is 425 g/mol. The van der Waals surface area contributed by atoms with Crippen LogP contribution in [0.3, 0.4) is 0 Å². The normalized spacial score (nSPS) is 10.7. The van der Waals surface area contributed by atoms with Crippen molar-refractivity contribution in [2.24, 2.45) is 0 Å². The lowest BCUT2D eigenvalue weighted by Gasteiger charge is -2.10. The number of carbonyl (C=O) groups excluding carboxylic acids is 1. The Morgan fingerprint density at radius 2 is 2.20 bits per heavy atom. The summed E-state index contributed by atoms with van der Waals surface area (Å²) >= 11 is 6.23. The molecule has 1 amide bonds. The number of hydrogen-bond donors (Lipinski definition) is 3. The van der Waals surface area contributed by atoms with Crippen LogP contribution in [0.5, 0.6) is 5.75 Å². The van der Waals surface area contributed by atoms with Crippen LogP contribution in [0.15, 0.2) is 53.7 Å². The highest BCUT2D eigenvalue weighted by Gasteiger charge is 2.10. The van der Waals surface area contributed by atoms with Crippen LogP contribution in [0, 0.1) is 0 Å². The van der Waals surface area contributed by atoms with Crippen molar-refractivity contribution in [1.82, 2.24) is 30.0 Å². The summed E-state index contributed by atoms with van der Waals surface area (Å²) in [6, 6.07) is 8.64. The summed E-state index contributed by atoms with van der Waals surface area (Å²) in [6.07, 6.45) is 4.83. The van der Waals surface area contributed by atoms with Crippen LogP contribution in [0.1, 0.15) is 0 Å². The van der Waals surface area contributed by atoms with E-state index in [4.69, 9.17) is 16.3 Å². The Labute approximate surface area is 174 Å². The summed E-state index contributed by atoms with van der Waals surface area (Å²) in [5, 5.41) is 10.7. The van der Waals surface area contributed by atoms with Gasteiger partial charge in [0.15, 0.2) is 18.2 Å². The number of nitrogens with one attached hydrogen (secondary N) is 3. The predicted molar refractivity (Wildman–Crippen MR) is 112 cm³/mol. The number of fused-ring (bicyclic) bond motifs is 1. The smallest absolute Gasteiger partial charge is 0.290 e. The van der Waals surface area contributed by atoms with E-state index in [-0.39, 0.29) is 18.3 Å². The molecule has 0 aliphatic carbocycles. The third-order valence-electron chi connectivity index (χ3n) is 4.15. The van der Waals surface area contributed by atoms with Gasteiger partial charge in [-0.05, 0) is 30.3 Å². The standard InChI is InChI=1S/C19H16ClN7O3/c1-21-16(28)10-30-15-8-11-7-12(3-4-14(11)25-18(15)29)24-17-13(20)9-22-19(26-17)27-6-2-5-23-27/h2-9H,10H2,1H3,(H,21,28)(H,25,29)(H,22,24,26). The van der Waals surface area contributed by atoms with Gasteiger partial charge in [0.25, 0.3) is 17.4 Å². The number of rotatable bonds is 6. The Balaban J connectivity index is 1.63. The Morgan fingerprint density at radius 3 is 2.97 bits per heavy atom. The van der Waals surface area contributed by atoms with Crippen LogP contribution < -0.4 is 20.9 Å². The van der Waals surface area contributed by atoms with Gasteiger partial charge in [-0.2, -0.15) is 10.1 Å². The van der Waals surface area contributed by atoms with E-state index in [0.29, 0.717) is 33.4 Å². The number of carbonyl (C=O) groups is 1. The number of hydrogen-bond acceptors (Lipinski definition) is 7. The summed E-state index contributed by atoms with van der Waals surface area (Å²) in [6.45, 7) is -0.254. The van der Waals surface area contributed by atoms with Crippen LogP contribution in [-0.2, 0) is 4.79 Å². The van der Waals surface area contributed by atoms with Crippen molar-refractivity contribution >= 4 is 39.9 Å². The number of pyridine rings is 1. The molecule has 0 aliphatic rings. The fourth-order valence-corrected chi connectivity index (χ4v) is 2.81. The lowest BCUT2D eigenvalue weighted by atomic mass is 10.2. The van der Waals surface area contributed by atoms with Gasteiger partial charge in [-0.25, -0.2) is 9.67 Å². The van der Waals surface area contributed by atoms with Gasteiger partial charge in [0.2, 0.25) is 0 Å². The lowest BCUT2D eigenvalue weighted by Crippen LogP contribution is -2.26. The molecular formula is C19H16ClN7O3. The largest absolute Gasteiger partial charge is 0.478 e. The van der Waals surface area contributed by atoms with Crippen molar-refractivity contribution in [1.29, 1.82) is 0 Å². The molecule has 30 heavy (non-hydrogen) atoms. The molecule has 0 saturated carbocycles. The van der Waals surface area contributed by atoms with E-state index in [0.717, 1.165) is 0 Å². The average Bonchev–Trinajstić information content (AvgIpc) is 3.28. The molecule has 10 nitrogen and oxygen atoms in total. The maximum Gasteiger partial charge on any atom is 0.290 e. The molecule has 0 atom stereocenters. The second-order valence-corrected chi connectivity index (χ2v) is 6.58. The molecule has 0 unspecified atom stereocenters. The highest BCUT2D eigenvalue weighted by Crippen LogP contribution is 2.26. The van der Waals surface area contributed by atoms with E-state index in [9.17, 15) is 9.59 Å². The summed E-state index contributed by atoms with van der Waals surface area (Å²) in [7, 11) is 1.49. The lowest BCUT2D eigenvalue weighted by molar-refractivity contribution is -0.122. The van der Waals surface area contributed by atoms with Crippen molar-refractivity contribution in [2.45, 2.75) is 0 Å². The molecule has 0 bridgehead atoms. The van der Waals surface area contributed by atoms with E-state index in [2.05, 4.69) is 30.7 Å². The first-order chi connectivity index (χ1) is 14.5. The first-order valence-electron chi connectivity index (χ1n) is 8.83. The van der Waals surface area contributed by atoms with Crippen LogP contribution in [0.25, 0.3) is 16.9 Å². The zero-order valence-corrected chi connectivity index (χ0v) is 16.5. The number of halogens is 1. The highest BCUT2D eigenvalue weighted by molar-refractivity contribution is 6.32. The number of anilines is 2. The van der Waals surface area contributed by atoms with Gasteiger partial charge in [-0.15, -0.1) is 0 Å². The second-order valence-electron chi connectivity index (χ2n) is 6.17. The van der Waals surface area contributed by atoms with Gasteiger partial charge in [0.1, 0.15) is 5.02 Å². The first-order valence-corrected chi connectivity index (χ1v) is 9.21. The average molecular weight is 426 g/mol. The van der Waals surface area contributed by atoms with E-state index in [1.165, 1.54) is 17.9 Å². The molecule has 3 heterocycles. The number of amides is 1. The molecule has 3 N–H and O–H groups in total. The number of likely N-dealkylation sites (N-methyl/N-ethyl adjacent to an activating group) is 1. The predicted octanol–water partition coefficient (Wildman–Crippen LogP) is 2.03. The van der Waals surface area contributed by atoms with Gasteiger partial charge < -0.3 is 20.4 Å². The van der Waals surface area contributed by atoms with Crippen molar-refractivity contribution in [3.63, 3.8) is 0 Å². The second kappa shape index (κ2) is 8.21. The molecule has 0 saturated heterocycles. The number of aromatic amines is 1. The van der Waals surface area contributed by atoms with Crippen molar-refractivity contribution in [3.8, 4) is 11.7 Å². The van der Waals surface area contributed by atoms with Crippen molar-refractivity contribution in [3.05, 3.63) is 64.3 Å². The molecule has 4 aromatic rings. The number of nitrogens with zero attached hydrogens (tertiary/aromatic N) is 4. The minimum absolute atomic E-state index is 0.0456. The molecule has 0 spiro atoms. The topological polar surface area (TPSA) is 127 Å². The first kappa shape index (κ1) is 19.4. The van der Waals surface area contributed by atoms with Gasteiger partial charge in [-0.1, -0.05) is 11.6 Å². The Bertz CT molecular complexity index is 1270. The quantitative estimate of drug-likeness (QED) is 0.431. The zero-order chi connectivity index (χ0) is 21.1. The number of benzene rings is 1. The van der Waals surface area contributed by atoms with Crippen molar-refractivity contribution in [2.75, 3.05) is 19.0 Å². The number of H-pyrrole nitrogens is 1. The molecule has 0 radical (unpaired) electrons. The molecule has 0 fully saturated rings. The number of ether oxygens (including phenoxy) is 1. The van der Waals surface area contributed by atoms with E-state index < -0.39 is 5.56 Å². The van der Waals surface area contributed by atoms with Crippen LogP contribution in [-0.4, -0.2) is 44.3 Å². The minimum atomic E-state index is -0.421. The van der Waals surface area contributed by atoms with Gasteiger partial charge in [0, 0.05) is 36.0 Å². The Hall–Kier alpha value is -3.92. The van der Waals surface area contributed by atoms with Crippen LogP contribution in [0.4, 0.5) is 11.5 Å².